The maximum Gasteiger partial charge on any atom is 0.327 e. The van der Waals surface area contributed by atoms with Gasteiger partial charge in [-0.1, -0.05) is 0 Å². The summed E-state index contributed by atoms with van der Waals surface area (Å²) in [5, 5.41) is 11.3. The molecule has 1 aromatic carbocycles. The number of hydrogen-bond donors (Lipinski definition) is 3. The molecular formula is C13H17NO6S. The molecule has 0 aliphatic carbocycles. The molecule has 0 bridgehead atoms. The average Bonchev–Trinajstić information content (AvgIpc) is 2.50. The summed E-state index contributed by atoms with van der Waals surface area (Å²) >= 11 is 3.89. The van der Waals surface area contributed by atoms with Crippen LogP contribution in [0.2, 0.25) is 0 Å². The molecule has 0 spiro atoms. The van der Waals surface area contributed by atoms with Crippen molar-refractivity contribution in [2.75, 3.05) is 27.1 Å². The van der Waals surface area contributed by atoms with E-state index in [2.05, 4.69) is 17.9 Å². The van der Waals surface area contributed by atoms with Crippen molar-refractivity contribution in [2.45, 2.75) is 6.04 Å². The molecular weight excluding hydrogens is 298 g/mol. The topological polar surface area (TPSA) is 94.1 Å². The van der Waals surface area contributed by atoms with Gasteiger partial charge in [0.2, 0.25) is 5.75 Å². The van der Waals surface area contributed by atoms with E-state index >= 15 is 0 Å². The van der Waals surface area contributed by atoms with Gasteiger partial charge in [0.1, 0.15) is 6.04 Å². The van der Waals surface area contributed by atoms with Crippen LogP contribution in [0.15, 0.2) is 12.1 Å². The number of benzene rings is 1. The number of rotatable bonds is 7. The summed E-state index contributed by atoms with van der Waals surface area (Å²) in [6.07, 6.45) is 0. The summed E-state index contributed by atoms with van der Waals surface area (Å²) in [4.78, 5) is 23.0. The van der Waals surface area contributed by atoms with Crippen LogP contribution in [0.3, 0.4) is 0 Å². The zero-order valence-corrected chi connectivity index (χ0v) is 12.8. The Morgan fingerprint density at radius 3 is 2.05 bits per heavy atom. The molecule has 0 aliphatic heterocycles. The molecule has 1 amide bonds. The van der Waals surface area contributed by atoms with Gasteiger partial charge in [0, 0.05) is 11.3 Å². The van der Waals surface area contributed by atoms with Crippen LogP contribution in [0.5, 0.6) is 17.2 Å². The largest absolute Gasteiger partial charge is 0.493 e. The normalized spacial score (nSPS) is 11.4. The van der Waals surface area contributed by atoms with Gasteiger partial charge < -0.3 is 24.6 Å². The molecule has 1 unspecified atom stereocenters. The lowest BCUT2D eigenvalue weighted by atomic mass is 10.1. The van der Waals surface area contributed by atoms with E-state index < -0.39 is 17.9 Å². The van der Waals surface area contributed by atoms with Crippen LogP contribution in [0.4, 0.5) is 0 Å². The number of carbonyl (C=O) groups is 2. The van der Waals surface area contributed by atoms with E-state index in [1.807, 2.05) is 0 Å². The van der Waals surface area contributed by atoms with Crippen LogP contribution in [-0.2, 0) is 4.79 Å². The van der Waals surface area contributed by atoms with Crippen LogP contribution in [0.1, 0.15) is 10.4 Å². The van der Waals surface area contributed by atoms with Crippen LogP contribution in [-0.4, -0.2) is 50.1 Å². The highest BCUT2D eigenvalue weighted by Crippen LogP contribution is 2.38. The van der Waals surface area contributed by atoms with Crippen molar-refractivity contribution < 1.29 is 28.9 Å². The summed E-state index contributed by atoms with van der Waals surface area (Å²) < 4.78 is 15.4. The Bertz CT molecular complexity index is 508. The van der Waals surface area contributed by atoms with Crippen molar-refractivity contribution in [3.8, 4) is 17.2 Å². The van der Waals surface area contributed by atoms with Gasteiger partial charge in [-0.25, -0.2) is 4.79 Å². The maximum absolute atomic E-state index is 12.1. The monoisotopic (exact) mass is 315 g/mol. The third-order valence-corrected chi connectivity index (χ3v) is 3.08. The highest BCUT2D eigenvalue weighted by atomic mass is 32.1. The Morgan fingerprint density at radius 1 is 1.19 bits per heavy atom. The standard InChI is InChI=1S/C13H17NO6S/c1-18-9-4-7(5-10(19-2)11(9)20-3)12(15)14-8(6-21)13(16)17/h4-5,8,21H,6H2,1-3H3,(H,14,15)(H,16,17). The Hall–Kier alpha value is -2.09. The van der Waals surface area contributed by atoms with E-state index in [4.69, 9.17) is 19.3 Å². The lowest BCUT2D eigenvalue weighted by Gasteiger charge is -2.15. The molecule has 0 radical (unpaired) electrons. The molecule has 0 aromatic heterocycles. The van der Waals surface area contributed by atoms with E-state index in [1.165, 1.54) is 33.5 Å². The van der Waals surface area contributed by atoms with Gasteiger partial charge in [-0.3, -0.25) is 4.79 Å². The summed E-state index contributed by atoms with van der Waals surface area (Å²) in [7, 11) is 4.29. The first kappa shape index (κ1) is 17.0. The minimum absolute atomic E-state index is 0.0223. The first-order valence-electron chi connectivity index (χ1n) is 5.93. The van der Waals surface area contributed by atoms with Gasteiger partial charge in [0.15, 0.2) is 11.5 Å². The van der Waals surface area contributed by atoms with Crippen molar-refractivity contribution in [1.29, 1.82) is 0 Å². The van der Waals surface area contributed by atoms with E-state index in [0.29, 0.717) is 17.2 Å². The second-order valence-electron chi connectivity index (χ2n) is 3.96. The van der Waals surface area contributed by atoms with Crippen molar-refractivity contribution in [2.24, 2.45) is 0 Å². The average molecular weight is 315 g/mol. The molecule has 0 saturated heterocycles. The predicted octanol–water partition coefficient (Wildman–Crippen LogP) is 0.825. The smallest absolute Gasteiger partial charge is 0.327 e. The molecule has 21 heavy (non-hydrogen) atoms. The van der Waals surface area contributed by atoms with E-state index in [1.54, 1.807) is 0 Å². The van der Waals surface area contributed by atoms with Crippen molar-refractivity contribution in [3.63, 3.8) is 0 Å². The molecule has 1 aromatic rings. The molecule has 0 aliphatic rings. The predicted molar refractivity (Wildman–Crippen MR) is 78.8 cm³/mol. The molecule has 7 nitrogen and oxygen atoms in total. The summed E-state index contributed by atoms with van der Waals surface area (Å²) in [6, 6.07) is 1.79. The zero-order valence-electron chi connectivity index (χ0n) is 11.9. The number of amides is 1. The summed E-state index contributed by atoms with van der Waals surface area (Å²) in [5.74, 6) is -0.799. The number of carbonyl (C=O) groups excluding carboxylic acids is 1. The van der Waals surface area contributed by atoms with Gasteiger partial charge >= 0.3 is 5.97 Å². The van der Waals surface area contributed by atoms with Crippen molar-refractivity contribution in [3.05, 3.63) is 17.7 Å². The lowest BCUT2D eigenvalue weighted by molar-refractivity contribution is -0.138. The molecule has 0 heterocycles. The molecule has 0 fully saturated rings. The van der Waals surface area contributed by atoms with E-state index in [0.717, 1.165) is 0 Å². The second-order valence-corrected chi connectivity index (χ2v) is 4.33. The van der Waals surface area contributed by atoms with Crippen molar-refractivity contribution in [1.82, 2.24) is 5.32 Å². The molecule has 116 valence electrons. The molecule has 0 saturated carbocycles. The number of carboxylic acids is 1. The number of thiol groups is 1. The Labute approximate surface area is 127 Å². The highest BCUT2D eigenvalue weighted by molar-refractivity contribution is 7.80. The third kappa shape index (κ3) is 3.94. The summed E-state index contributed by atoms with van der Waals surface area (Å²) in [5.41, 5.74) is 0.192. The first-order chi connectivity index (χ1) is 9.98. The number of ether oxygens (including phenoxy) is 3. The van der Waals surface area contributed by atoms with Crippen LogP contribution in [0.25, 0.3) is 0 Å². The lowest BCUT2D eigenvalue weighted by Crippen LogP contribution is -2.42. The number of carboxylic acid groups (broad SMARTS) is 1. The molecule has 2 N–H and O–H groups in total. The zero-order chi connectivity index (χ0) is 16.0. The van der Waals surface area contributed by atoms with Crippen LogP contribution in [0, 0.1) is 0 Å². The van der Waals surface area contributed by atoms with Gasteiger partial charge in [-0.15, -0.1) is 0 Å². The SMILES string of the molecule is COc1cc(C(=O)NC(CS)C(=O)O)cc(OC)c1OC. The van der Waals surface area contributed by atoms with Crippen molar-refractivity contribution >= 4 is 24.5 Å². The second kappa shape index (κ2) is 7.63. The number of methoxy groups -OCH3 is 3. The van der Waals surface area contributed by atoms with Crippen LogP contribution >= 0.6 is 12.6 Å². The fourth-order valence-electron chi connectivity index (χ4n) is 1.64. The Balaban J connectivity index is 3.13. The fourth-order valence-corrected chi connectivity index (χ4v) is 1.89. The quantitative estimate of drug-likeness (QED) is 0.645. The van der Waals surface area contributed by atoms with Gasteiger partial charge in [0.05, 0.1) is 21.3 Å². The van der Waals surface area contributed by atoms with Gasteiger partial charge in [-0.05, 0) is 12.1 Å². The maximum atomic E-state index is 12.1. The first-order valence-corrected chi connectivity index (χ1v) is 6.56. The van der Waals surface area contributed by atoms with E-state index in [9.17, 15) is 9.59 Å². The Morgan fingerprint density at radius 2 is 1.71 bits per heavy atom. The van der Waals surface area contributed by atoms with Gasteiger partial charge in [0.25, 0.3) is 5.91 Å². The number of nitrogens with one attached hydrogen (secondary N) is 1. The third-order valence-electron chi connectivity index (χ3n) is 2.71. The van der Waals surface area contributed by atoms with Gasteiger partial charge in [-0.2, -0.15) is 12.6 Å². The van der Waals surface area contributed by atoms with E-state index in [-0.39, 0.29) is 11.3 Å². The molecule has 8 heteroatoms. The fraction of sp³-hybridized carbons (Fsp3) is 0.385. The number of aliphatic carboxylic acids is 1. The Kier molecular flexibility index (Phi) is 6.16. The molecule has 1 rings (SSSR count). The summed E-state index contributed by atoms with van der Waals surface area (Å²) in [6.45, 7) is 0. The minimum atomic E-state index is -1.16. The number of hydrogen-bond acceptors (Lipinski definition) is 6. The van der Waals surface area contributed by atoms with Crippen LogP contribution < -0.4 is 19.5 Å². The minimum Gasteiger partial charge on any atom is -0.493 e. The highest BCUT2D eigenvalue weighted by Gasteiger charge is 2.21. The molecule has 1 atom stereocenters.